The molecule has 1 aromatic rings. The molecule has 1 aromatic carbocycles. The number of hydrogen-bond acceptors (Lipinski definition) is 3. The number of nitrogens with zero attached hydrogens (tertiary/aromatic N) is 2. The number of nitrogens with two attached hydrogens (primary N) is 1. The van der Waals surface area contributed by atoms with Crippen LogP contribution < -0.4 is 5.73 Å². The average Bonchev–Trinajstić information content (AvgIpc) is 2.87. The third kappa shape index (κ3) is 2.39. The molecule has 1 atom stereocenters. The quantitative estimate of drug-likeness (QED) is 0.906. The van der Waals surface area contributed by atoms with E-state index >= 15 is 0 Å². The Morgan fingerprint density at radius 1 is 1.25 bits per heavy atom. The van der Waals surface area contributed by atoms with E-state index in [4.69, 9.17) is 5.73 Å². The van der Waals surface area contributed by atoms with Crippen LogP contribution in [0.3, 0.4) is 0 Å². The topological polar surface area (TPSA) is 32.5 Å². The summed E-state index contributed by atoms with van der Waals surface area (Å²) in [5, 5.41) is 0. The summed E-state index contributed by atoms with van der Waals surface area (Å²) in [7, 11) is 4.40. The third-order valence-corrected chi connectivity index (χ3v) is 5.33. The van der Waals surface area contributed by atoms with E-state index in [1.807, 2.05) is 0 Å². The maximum atomic E-state index is 6.25. The molecule has 0 spiro atoms. The highest BCUT2D eigenvalue weighted by molar-refractivity contribution is 5.36. The highest BCUT2D eigenvalue weighted by Gasteiger charge is 2.42. The number of piperidine rings is 1. The van der Waals surface area contributed by atoms with Crippen LogP contribution in [0.5, 0.6) is 0 Å². The van der Waals surface area contributed by atoms with Crippen molar-refractivity contribution in [3.63, 3.8) is 0 Å². The number of rotatable bonds is 3. The Balaban J connectivity index is 1.81. The van der Waals surface area contributed by atoms with Gasteiger partial charge in [0.1, 0.15) is 0 Å². The van der Waals surface area contributed by atoms with Gasteiger partial charge < -0.3 is 10.6 Å². The predicted octanol–water partition coefficient (Wildman–Crippen LogP) is 1.51. The van der Waals surface area contributed by atoms with Gasteiger partial charge in [-0.1, -0.05) is 24.3 Å². The average molecular weight is 273 g/mol. The smallest absolute Gasteiger partial charge is 0.0412 e. The van der Waals surface area contributed by atoms with Gasteiger partial charge in [0.2, 0.25) is 0 Å². The summed E-state index contributed by atoms with van der Waals surface area (Å²) in [6.45, 7) is 3.13. The predicted molar refractivity (Wildman–Crippen MR) is 83.9 cm³/mol. The van der Waals surface area contributed by atoms with Crippen LogP contribution in [0.25, 0.3) is 0 Å². The molecule has 1 heterocycles. The number of likely N-dealkylation sites (tertiary alicyclic amines) is 1. The van der Waals surface area contributed by atoms with Gasteiger partial charge in [-0.05, 0) is 57.5 Å². The van der Waals surface area contributed by atoms with Crippen LogP contribution in [0.2, 0.25) is 0 Å². The van der Waals surface area contributed by atoms with Gasteiger partial charge in [0.25, 0.3) is 0 Å². The lowest BCUT2D eigenvalue weighted by Crippen LogP contribution is -2.60. The van der Waals surface area contributed by atoms with Crippen molar-refractivity contribution < 1.29 is 0 Å². The van der Waals surface area contributed by atoms with E-state index < -0.39 is 0 Å². The second kappa shape index (κ2) is 5.47. The first-order valence-electron chi connectivity index (χ1n) is 7.83. The van der Waals surface area contributed by atoms with Gasteiger partial charge >= 0.3 is 0 Å². The van der Waals surface area contributed by atoms with Crippen LogP contribution in [0, 0.1) is 0 Å². The SMILES string of the molecule is CN(C)C1CCCN(C2(CN)Cc3ccccc3C2)C1. The van der Waals surface area contributed by atoms with Gasteiger partial charge in [-0.3, -0.25) is 4.90 Å². The highest BCUT2D eigenvalue weighted by Crippen LogP contribution is 2.35. The lowest BCUT2D eigenvalue weighted by Gasteiger charge is -2.46. The summed E-state index contributed by atoms with van der Waals surface area (Å²) in [6, 6.07) is 9.55. The lowest BCUT2D eigenvalue weighted by atomic mass is 9.89. The fourth-order valence-electron chi connectivity index (χ4n) is 3.98. The van der Waals surface area contributed by atoms with Crippen LogP contribution in [-0.2, 0) is 12.8 Å². The van der Waals surface area contributed by atoms with E-state index in [9.17, 15) is 0 Å². The molecule has 1 aliphatic carbocycles. The van der Waals surface area contributed by atoms with Gasteiger partial charge in [-0.25, -0.2) is 0 Å². The van der Waals surface area contributed by atoms with E-state index in [-0.39, 0.29) is 5.54 Å². The maximum absolute atomic E-state index is 6.25. The van der Waals surface area contributed by atoms with Crippen molar-refractivity contribution in [1.29, 1.82) is 0 Å². The van der Waals surface area contributed by atoms with Crippen LogP contribution in [-0.4, -0.2) is 55.1 Å². The van der Waals surface area contributed by atoms with E-state index in [0.29, 0.717) is 6.04 Å². The Morgan fingerprint density at radius 2 is 1.90 bits per heavy atom. The molecule has 2 N–H and O–H groups in total. The Bertz CT molecular complexity index is 444. The van der Waals surface area contributed by atoms with Gasteiger partial charge in [0.05, 0.1) is 0 Å². The van der Waals surface area contributed by atoms with Crippen molar-refractivity contribution in [1.82, 2.24) is 9.80 Å². The molecule has 0 aromatic heterocycles. The Kier molecular flexibility index (Phi) is 3.85. The molecule has 0 amide bonds. The molecule has 110 valence electrons. The summed E-state index contributed by atoms with van der Waals surface area (Å²) in [5.74, 6) is 0. The number of benzene rings is 1. The largest absolute Gasteiger partial charge is 0.329 e. The minimum absolute atomic E-state index is 0.165. The maximum Gasteiger partial charge on any atom is 0.0412 e. The van der Waals surface area contributed by atoms with Gasteiger partial charge in [0.15, 0.2) is 0 Å². The van der Waals surface area contributed by atoms with Crippen molar-refractivity contribution in [3.05, 3.63) is 35.4 Å². The van der Waals surface area contributed by atoms with Crippen LogP contribution in [0.4, 0.5) is 0 Å². The van der Waals surface area contributed by atoms with Crippen molar-refractivity contribution >= 4 is 0 Å². The van der Waals surface area contributed by atoms with Gasteiger partial charge in [-0.2, -0.15) is 0 Å². The molecule has 1 unspecified atom stereocenters. The minimum atomic E-state index is 0.165. The van der Waals surface area contributed by atoms with Crippen molar-refractivity contribution in [3.8, 4) is 0 Å². The summed E-state index contributed by atoms with van der Waals surface area (Å²) < 4.78 is 0. The molecule has 1 saturated heterocycles. The second-order valence-corrected chi connectivity index (χ2v) is 6.76. The minimum Gasteiger partial charge on any atom is -0.329 e. The van der Waals surface area contributed by atoms with Crippen molar-refractivity contribution in [2.45, 2.75) is 37.3 Å². The Morgan fingerprint density at radius 3 is 2.45 bits per heavy atom. The molecule has 2 aliphatic rings. The monoisotopic (exact) mass is 273 g/mol. The molecule has 20 heavy (non-hydrogen) atoms. The van der Waals surface area contributed by atoms with Crippen molar-refractivity contribution in [2.75, 3.05) is 33.7 Å². The first-order chi connectivity index (χ1) is 9.64. The number of hydrogen-bond donors (Lipinski definition) is 1. The molecule has 0 bridgehead atoms. The highest BCUT2D eigenvalue weighted by atomic mass is 15.3. The number of fused-ring (bicyclic) bond motifs is 1. The summed E-state index contributed by atoms with van der Waals surface area (Å²) in [6.07, 6.45) is 4.86. The van der Waals surface area contributed by atoms with Gasteiger partial charge in [-0.15, -0.1) is 0 Å². The summed E-state index contributed by atoms with van der Waals surface area (Å²) >= 11 is 0. The first-order valence-corrected chi connectivity index (χ1v) is 7.83. The Labute approximate surface area is 122 Å². The zero-order chi connectivity index (χ0) is 14.2. The Hall–Kier alpha value is -0.900. The fraction of sp³-hybridized carbons (Fsp3) is 0.647. The molecular formula is C17H27N3. The molecule has 3 rings (SSSR count). The summed E-state index contributed by atoms with van der Waals surface area (Å²) in [4.78, 5) is 5.06. The zero-order valence-corrected chi connectivity index (χ0v) is 12.8. The molecule has 3 heteroatoms. The normalized spacial score (nSPS) is 25.9. The molecule has 1 aliphatic heterocycles. The zero-order valence-electron chi connectivity index (χ0n) is 12.8. The molecule has 3 nitrogen and oxygen atoms in total. The molecular weight excluding hydrogens is 246 g/mol. The van der Waals surface area contributed by atoms with Crippen molar-refractivity contribution in [2.24, 2.45) is 5.73 Å². The van der Waals surface area contributed by atoms with Crippen LogP contribution in [0.1, 0.15) is 24.0 Å². The van der Waals surface area contributed by atoms with E-state index in [2.05, 4.69) is 48.2 Å². The first kappa shape index (κ1) is 14.1. The standard InChI is InChI=1S/C17H27N3/c1-19(2)16-8-5-9-20(12-16)17(13-18)10-14-6-3-4-7-15(14)11-17/h3-4,6-7,16H,5,8-13,18H2,1-2H3. The molecule has 0 radical (unpaired) electrons. The lowest BCUT2D eigenvalue weighted by molar-refractivity contribution is 0.0405. The summed E-state index contributed by atoms with van der Waals surface area (Å²) in [5.41, 5.74) is 9.42. The molecule has 0 saturated carbocycles. The van der Waals surface area contributed by atoms with Crippen LogP contribution >= 0.6 is 0 Å². The van der Waals surface area contributed by atoms with E-state index in [1.54, 1.807) is 0 Å². The van der Waals surface area contributed by atoms with Gasteiger partial charge in [0, 0.05) is 24.7 Å². The number of likely N-dealkylation sites (N-methyl/N-ethyl adjacent to an activating group) is 1. The third-order valence-electron chi connectivity index (χ3n) is 5.33. The van der Waals surface area contributed by atoms with E-state index in [1.165, 1.54) is 30.5 Å². The fourth-order valence-corrected chi connectivity index (χ4v) is 3.98. The second-order valence-electron chi connectivity index (χ2n) is 6.76. The van der Waals surface area contributed by atoms with Crippen LogP contribution in [0.15, 0.2) is 24.3 Å². The molecule has 1 fully saturated rings. The van der Waals surface area contributed by atoms with E-state index in [0.717, 1.165) is 25.9 Å².